The summed E-state index contributed by atoms with van der Waals surface area (Å²) in [5.74, 6) is 3.68. The minimum absolute atomic E-state index is 0.0816. The average Bonchev–Trinajstić information content (AvgIpc) is 3.32. The maximum Gasteiger partial charge on any atom is 0.189 e. The first-order chi connectivity index (χ1) is 32.3. The summed E-state index contributed by atoms with van der Waals surface area (Å²) in [6.45, 7) is 43.0. The van der Waals surface area contributed by atoms with E-state index in [2.05, 4.69) is 210 Å². The lowest BCUT2D eigenvalue weighted by atomic mass is 9.82. The Kier molecular flexibility index (Phi) is 25.5. The van der Waals surface area contributed by atoms with Gasteiger partial charge in [0.05, 0.1) is 6.10 Å². The second-order valence-corrected chi connectivity index (χ2v) is 22.9. The predicted molar refractivity (Wildman–Crippen MR) is 295 cm³/mol. The van der Waals surface area contributed by atoms with Gasteiger partial charge in [-0.2, -0.15) is 0 Å². The molecule has 6 nitrogen and oxygen atoms in total. The average molecular weight is 953 g/mol. The number of rotatable bonds is 20. The largest absolute Gasteiger partial charge is 0.488 e. The van der Waals surface area contributed by atoms with Crippen LogP contribution >= 0.6 is 0 Å². The summed E-state index contributed by atoms with van der Waals surface area (Å²) in [7, 11) is 0. The monoisotopic (exact) mass is 953 g/mol. The standard InChI is InChI=1S/C18H28O2.C16H26O.C15H24O.C14H22O2/c1-4-18(2,3)15-10-12-17(13-11-15)20-14-19-16-8-6-5-7-9-16;1-7-15(3,4)13-9-11-14(12-10-13)17-16(5,6)8-2;1-7-15(5,6)12-8-10-13(11-9-12)16-14(2,3)4;1-5-14(3,4)12-7-9-13(10-8-12)16-11-15-6-2/h10-13,16H,4-9,14H2,1-3H3;9-12H,7-8H2,1-6H3;8-11H,7H2,1-6H3;7-10H,5-6,11H2,1-4H3. The first kappa shape index (κ1) is 61.1. The molecule has 0 aromatic heterocycles. The Hall–Kier alpha value is -4.00. The van der Waals surface area contributed by atoms with E-state index in [9.17, 15) is 0 Å². The first-order valence-corrected chi connectivity index (χ1v) is 26.5. The molecule has 4 aromatic carbocycles. The molecular formula is C63H100O6. The van der Waals surface area contributed by atoms with Crippen molar-refractivity contribution < 1.29 is 28.4 Å². The summed E-state index contributed by atoms with van der Waals surface area (Å²) < 4.78 is 33.8. The van der Waals surface area contributed by atoms with Crippen molar-refractivity contribution in [3.63, 3.8) is 0 Å². The third kappa shape index (κ3) is 22.7. The van der Waals surface area contributed by atoms with E-state index >= 15 is 0 Å². The fraction of sp³-hybridized carbons (Fsp3) is 0.619. The van der Waals surface area contributed by atoms with Crippen molar-refractivity contribution in [1.82, 2.24) is 0 Å². The van der Waals surface area contributed by atoms with E-state index in [1.165, 1.54) is 54.4 Å². The van der Waals surface area contributed by atoms with E-state index in [4.69, 9.17) is 28.4 Å². The van der Waals surface area contributed by atoms with Crippen LogP contribution in [0.25, 0.3) is 0 Å². The molecule has 0 amide bonds. The molecule has 1 saturated carbocycles. The van der Waals surface area contributed by atoms with E-state index in [1.54, 1.807) is 0 Å². The van der Waals surface area contributed by atoms with Crippen LogP contribution in [-0.2, 0) is 31.1 Å². The van der Waals surface area contributed by atoms with Crippen molar-refractivity contribution in [2.24, 2.45) is 0 Å². The van der Waals surface area contributed by atoms with E-state index in [-0.39, 0.29) is 32.9 Å². The van der Waals surface area contributed by atoms with Crippen LogP contribution in [0.1, 0.15) is 218 Å². The maximum atomic E-state index is 5.95. The van der Waals surface area contributed by atoms with Gasteiger partial charge in [-0.3, -0.25) is 0 Å². The Bertz CT molecular complexity index is 1940. The molecule has 388 valence electrons. The molecule has 0 N–H and O–H groups in total. The zero-order valence-corrected chi connectivity index (χ0v) is 47.5. The molecule has 0 radical (unpaired) electrons. The maximum absolute atomic E-state index is 5.95. The van der Waals surface area contributed by atoms with Crippen molar-refractivity contribution in [3.8, 4) is 23.0 Å². The Morgan fingerprint density at radius 2 is 0.696 bits per heavy atom. The molecule has 0 heterocycles. The van der Waals surface area contributed by atoms with Crippen molar-refractivity contribution in [2.45, 2.75) is 235 Å². The van der Waals surface area contributed by atoms with E-state index in [1.807, 2.05) is 19.1 Å². The van der Waals surface area contributed by atoms with Gasteiger partial charge in [0.1, 0.15) is 34.2 Å². The Balaban J connectivity index is 0.000000317. The summed E-state index contributed by atoms with van der Waals surface area (Å²) in [5, 5.41) is 0. The molecule has 6 heteroatoms. The molecule has 0 bridgehead atoms. The van der Waals surface area contributed by atoms with Gasteiger partial charge in [0.2, 0.25) is 0 Å². The van der Waals surface area contributed by atoms with E-state index < -0.39 is 0 Å². The lowest BCUT2D eigenvalue weighted by Crippen LogP contribution is -2.26. The number of hydrogen-bond acceptors (Lipinski definition) is 6. The second-order valence-electron chi connectivity index (χ2n) is 22.9. The predicted octanol–water partition coefficient (Wildman–Crippen LogP) is 18.3. The van der Waals surface area contributed by atoms with Crippen LogP contribution in [0.3, 0.4) is 0 Å². The van der Waals surface area contributed by atoms with Gasteiger partial charge in [-0.25, -0.2) is 0 Å². The van der Waals surface area contributed by atoms with E-state index in [0.717, 1.165) is 55.1 Å². The summed E-state index contributed by atoms with van der Waals surface area (Å²) >= 11 is 0. The van der Waals surface area contributed by atoms with Crippen LogP contribution in [0.2, 0.25) is 0 Å². The third-order valence-corrected chi connectivity index (χ3v) is 14.3. The fourth-order valence-electron chi connectivity index (χ4n) is 7.14. The van der Waals surface area contributed by atoms with Crippen molar-refractivity contribution in [2.75, 3.05) is 20.2 Å². The third-order valence-electron chi connectivity index (χ3n) is 14.3. The molecule has 0 unspecified atom stereocenters. The SMILES string of the molecule is CCC(C)(C)Oc1ccc(C(C)(C)CC)cc1.CCC(C)(C)c1ccc(OC(C)(C)C)cc1.CCC(C)(C)c1ccc(OCOC2CCCCC2)cc1.CCOCOc1ccc(C(C)(C)CC)cc1. The molecule has 4 aromatic rings. The van der Waals surface area contributed by atoms with Crippen LogP contribution in [-0.4, -0.2) is 37.5 Å². The lowest BCUT2D eigenvalue weighted by Gasteiger charge is -2.26. The van der Waals surface area contributed by atoms with Gasteiger partial charge in [-0.1, -0.05) is 158 Å². The quantitative estimate of drug-likeness (QED) is 0.0650. The van der Waals surface area contributed by atoms with Crippen LogP contribution in [0.4, 0.5) is 0 Å². The van der Waals surface area contributed by atoms with Gasteiger partial charge in [0.15, 0.2) is 13.6 Å². The van der Waals surface area contributed by atoms with Crippen LogP contribution < -0.4 is 18.9 Å². The van der Waals surface area contributed by atoms with Gasteiger partial charge < -0.3 is 28.4 Å². The zero-order chi connectivity index (χ0) is 51.9. The summed E-state index contributed by atoms with van der Waals surface area (Å²) in [6.07, 6.45) is 12.3. The molecule has 1 fully saturated rings. The minimum atomic E-state index is -0.123. The van der Waals surface area contributed by atoms with Crippen molar-refractivity contribution in [3.05, 3.63) is 119 Å². The Labute approximate surface area is 424 Å². The molecule has 69 heavy (non-hydrogen) atoms. The van der Waals surface area contributed by atoms with Gasteiger partial charge in [0.25, 0.3) is 0 Å². The molecule has 5 rings (SSSR count). The van der Waals surface area contributed by atoms with Crippen LogP contribution in [0.15, 0.2) is 97.1 Å². The van der Waals surface area contributed by atoms with Gasteiger partial charge in [-0.15, -0.1) is 0 Å². The second kappa shape index (κ2) is 28.7. The Morgan fingerprint density at radius 1 is 0.377 bits per heavy atom. The van der Waals surface area contributed by atoms with Crippen LogP contribution in [0.5, 0.6) is 23.0 Å². The minimum Gasteiger partial charge on any atom is -0.488 e. The van der Waals surface area contributed by atoms with Gasteiger partial charge >= 0.3 is 0 Å². The topological polar surface area (TPSA) is 55.4 Å². The lowest BCUT2D eigenvalue weighted by molar-refractivity contribution is -0.0497. The molecule has 0 spiro atoms. The number of benzene rings is 4. The number of ether oxygens (including phenoxy) is 6. The molecule has 1 aliphatic rings. The van der Waals surface area contributed by atoms with Gasteiger partial charge in [0, 0.05) is 6.61 Å². The normalized spacial score (nSPS) is 13.7. The summed E-state index contributed by atoms with van der Waals surface area (Å²) in [6, 6.07) is 33.7. The van der Waals surface area contributed by atoms with Crippen molar-refractivity contribution >= 4 is 0 Å². The molecular weight excluding hydrogens is 853 g/mol. The number of hydrogen-bond donors (Lipinski definition) is 0. The smallest absolute Gasteiger partial charge is 0.189 e. The summed E-state index contributed by atoms with van der Waals surface area (Å²) in [4.78, 5) is 0. The zero-order valence-electron chi connectivity index (χ0n) is 47.5. The highest BCUT2D eigenvalue weighted by Gasteiger charge is 2.22. The molecule has 0 saturated heterocycles. The highest BCUT2D eigenvalue weighted by molar-refractivity contribution is 5.34. The van der Waals surface area contributed by atoms with Gasteiger partial charge in [-0.05, 0) is 179 Å². The highest BCUT2D eigenvalue weighted by atomic mass is 16.7. The summed E-state index contributed by atoms with van der Waals surface area (Å²) in [5.41, 5.74) is 6.22. The first-order valence-electron chi connectivity index (χ1n) is 26.5. The highest BCUT2D eigenvalue weighted by Crippen LogP contribution is 2.32. The van der Waals surface area contributed by atoms with Crippen molar-refractivity contribution in [1.29, 1.82) is 0 Å². The van der Waals surface area contributed by atoms with Crippen LogP contribution in [0, 0.1) is 0 Å². The fourth-order valence-corrected chi connectivity index (χ4v) is 7.14. The molecule has 1 aliphatic carbocycles. The Morgan fingerprint density at radius 3 is 1.00 bits per heavy atom. The molecule has 0 atom stereocenters. The molecule has 0 aliphatic heterocycles. The van der Waals surface area contributed by atoms with E-state index in [0.29, 0.717) is 26.3 Å².